The third kappa shape index (κ3) is 2.94. The molecule has 0 aromatic heterocycles. The van der Waals surface area contributed by atoms with Crippen molar-refractivity contribution in [2.45, 2.75) is 22.5 Å². The summed E-state index contributed by atoms with van der Waals surface area (Å²) in [6, 6.07) is 28.2. The van der Waals surface area contributed by atoms with Crippen molar-refractivity contribution in [3.05, 3.63) is 95.6 Å². The lowest BCUT2D eigenvalue weighted by Crippen LogP contribution is -2.12. The van der Waals surface area contributed by atoms with Crippen LogP contribution in [0.1, 0.15) is 34.3 Å². The molecule has 120 valence electrons. The van der Waals surface area contributed by atoms with Gasteiger partial charge < -0.3 is 4.74 Å². The summed E-state index contributed by atoms with van der Waals surface area (Å²) >= 11 is 1.99. The van der Waals surface area contributed by atoms with Gasteiger partial charge in [0.1, 0.15) is 5.75 Å². The van der Waals surface area contributed by atoms with Crippen molar-refractivity contribution in [1.82, 2.24) is 0 Å². The first-order chi connectivity index (χ1) is 11.8. The Morgan fingerprint density at radius 3 is 2.25 bits per heavy atom. The standard InChI is InChI=1S/C22H20OS/c1-23-18-13-11-16(12-14-18)20-15-22(17-7-3-2-4-8-17)24-21-10-6-5-9-19(20)21/h2-14,20,22H,15H2,1H3/t20-,22+/m0/s1. The molecule has 1 heterocycles. The van der Waals surface area contributed by atoms with E-state index in [0.717, 1.165) is 12.2 Å². The van der Waals surface area contributed by atoms with Gasteiger partial charge in [-0.15, -0.1) is 11.8 Å². The molecule has 2 heteroatoms. The van der Waals surface area contributed by atoms with Gasteiger partial charge in [-0.05, 0) is 41.3 Å². The molecule has 4 rings (SSSR count). The number of thioether (sulfide) groups is 1. The molecule has 1 aliphatic rings. The normalized spacial score (nSPS) is 19.5. The van der Waals surface area contributed by atoms with Crippen LogP contribution in [0.25, 0.3) is 0 Å². The second kappa shape index (κ2) is 6.74. The maximum absolute atomic E-state index is 5.31. The molecule has 0 spiro atoms. The maximum Gasteiger partial charge on any atom is 0.118 e. The van der Waals surface area contributed by atoms with Crippen LogP contribution in [0, 0.1) is 0 Å². The van der Waals surface area contributed by atoms with Gasteiger partial charge >= 0.3 is 0 Å². The lowest BCUT2D eigenvalue weighted by molar-refractivity contribution is 0.414. The molecule has 0 unspecified atom stereocenters. The molecular weight excluding hydrogens is 312 g/mol. The highest BCUT2D eigenvalue weighted by molar-refractivity contribution is 7.99. The second-order valence-corrected chi connectivity index (χ2v) is 7.36. The van der Waals surface area contributed by atoms with Gasteiger partial charge in [0.2, 0.25) is 0 Å². The van der Waals surface area contributed by atoms with Crippen molar-refractivity contribution in [2.75, 3.05) is 7.11 Å². The van der Waals surface area contributed by atoms with E-state index in [4.69, 9.17) is 4.74 Å². The topological polar surface area (TPSA) is 9.23 Å². The van der Waals surface area contributed by atoms with Crippen LogP contribution < -0.4 is 4.74 Å². The first kappa shape index (κ1) is 15.3. The molecule has 0 bridgehead atoms. The first-order valence-corrected chi connectivity index (χ1v) is 9.17. The predicted molar refractivity (Wildman–Crippen MR) is 101 cm³/mol. The summed E-state index contributed by atoms with van der Waals surface area (Å²) in [5.74, 6) is 1.34. The molecule has 2 atom stereocenters. The molecule has 0 saturated carbocycles. The van der Waals surface area contributed by atoms with Crippen LogP contribution in [0.4, 0.5) is 0 Å². The summed E-state index contributed by atoms with van der Waals surface area (Å²) in [5, 5.41) is 0.494. The van der Waals surface area contributed by atoms with E-state index in [1.807, 2.05) is 11.8 Å². The van der Waals surface area contributed by atoms with Crippen molar-refractivity contribution >= 4 is 11.8 Å². The third-order valence-electron chi connectivity index (χ3n) is 4.70. The molecule has 1 nitrogen and oxygen atoms in total. The first-order valence-electron chi connectivity index (χ1n) is 8.29. The zero-order chi connectivity index (χ0) is 16.4. The number of hydrogen-bond donors (Lipinski definition) is 0. The van der Waals surface area contributed by atoms with Crippen molar-refractivity contribution in [3.8, 4) is 5.75 Å². The molecule has 0 aliphatic carbocycles. The molecule has 0 saturated heterocycles. The van der Waals surface area contributed by atoms with E-state index in [0.29, 0.717) is 11.2 Å². The molecule has 3 aromatic carbocycles. The Kier molecular flexibility index (Phi) is 4.31. The molecule has 0 N–H and O–H groups in total. The Hall–Kier alpha value is -2.19. The van der Waals surface area contributed by atoms with Gasteiger partial charge in [-0.1, -0.05) is 60.7 Å². The number of hydrogen-bond acceptors (Lipinski definition) is 2. The van der Waals surface area contributed by atoms with Crippen LogP contribution in [0.5, 0.6) is 5.75 Å². The number of rotatable bonds is 3. The largest absolute Gasteiger partial charge is 0.497 e. The Labute approximate surface area is 147 Å². The SMILES string of the molecule is COc1ccc([C@@H]2C[C@H](c3ccccc3)Sc3ccccc32)cc1. The smallest absolute Gasteiger partial charge is 0.118 e. The van der Waals surface area contributed by atoms with Gasteiger partial charge in [0.15, 0.2) is 0 Å². The van der Waals surface area contributed by atoms with Crippen LogP contribution in [0.3, 0.4) is 0 Å². The van der Waals surface area contributed by atoms with Crippen LogP contribution in [-0.2, 0) is 0 Å². The summed E-state index contributed by atoms with van der Waals surface area (Å²) in [5.41, 5.74) is 4.22. The molecular formula is C22H20OS. The van der Waals surface area contributed by atoms with Gasteiger partial charge in [0.25, 0.3) is 0 Å². The van der Waals surface area contributed by atoms with E-state index >= 15 is 0 Å². The van der Waals surface area contributed by atoms with E-state index in [-0.39, 0.29) is 0 Å². The minimum absolute atomic E-state index is 0.429. The Bertz CT molecular complexity index is 811. The van der Waals surface area contributed by atoms with Crippen LogP contribution in [0.2, 0.25) is 0 Å². The van der Waals surface area contributed by atoms with Crippen molar-refractivity contribution in [3.63, 3.8) is 0 Å². The van der Waals surface area contributed by atoms with E-state index in [1.165, 1.54) is 21.6 Å². The van der Waals surface area contributed by atoms with E-state index in [9.17, 15) is 0 Å². The summed E-state index contributed by atoms with van der Waals surface area (Å²) in [4.78, 5) is 1.40. The molecule has 1 aliphatic heterocycles. The monoisotopic (exact) mass is 332 g/mol. The Balaban J connectivity index is 1.73. The molecule has 0 radical (unpaired) electrons. The number of fused-ring (bicyclic) bond motifs is 1. The number of benzene rings is 3. The minimum Gasteiger partial charge on any atom is -0.497 e. The molecule has 3 aromatic rings. The fourth-order valence-corrected chi connectivity index (χ4v) is 4.83. The van der Waals surface area contributed by atoms with E-state index in [2.05, 4.69) is 78.9 Å². The summed E-state index contributed by atoms with van der Waals surface area (Å²) < 4.78 is 5.31. The summed E-state index contributed by atoms with van der Waals surface area (Å²) in [7, 11) is 1.72. The highest BCUT2D eigenvalue weighted by atomic mass is 32.2. The average Bonchev–Trinajstić information content (AvgIpc) is 2.68. The highest BCUT2D eigenvalue weighted by Gasteiger charge is 2.29. The van der Waals surface area contributed by atoms with Crippen molar-refractivity contribution in [1.29, 1.82) is 0 Å². The van der Waals surface area contributed by atoms with Gasteiger partial charge in [0.05, 0.1) is 7.11 Å². The Morgan fingerprint density at radius 1 is 0.792 bits per heavy atom. The average molecular weight is 332 g/mol. The fourth-order valence-electron chi connectivity index (χ4n) is 3.44. The van der Waals surface area contributed by atoms with Gasteiger partial charge in [-0.25, -0.2) is 0 Å². The zero-order valence-corrected chi connectivity index (χ0v) is 14.5. The van der Waals surface area contributed by atoms with Crippen molar-refractivity contribution in [2.24, 2.45) is 0 Å². The zero-order valence-electron chi connectivity index (χ0n) is 13.7. The minimum atomic E-state index is 0.429. The van der Waals surface area contributed by atoms with Crippen LogP contribution >= 0.6 is 11.8 Å². The third-order valence-corrected chi connectivity index (χ3v) is 6.08. The predicted octanol–water partition coefficient (Wildman–Crippen LogP) is 6.06. The molecule has 24 heavy (non-hydrogen) atoms. The second-order valence-electron chi connectivity index (χ2n) is 6.12. The van der Waals surface area contributed by atoms with Crippen LogP contribution in [0.15, 0.2) is 83.8 Å². The Morgan fingerprint density at radius 2 is 1.50 bits per heavy atom. The molecule has 0 fully saturated rings. The lowest BCUT2D eigenvalue weighted by atomic mass is 9.85. The lowest BCUT2D eigenvalue weighted by Gasteiger charge is -2.32. The van der Waals surface area contributed by atoms with Crippen LogP contribution in [-0.4, -0.2) is 7.11 Å². The highest BCUT2D eigenvalue weighted by Crippen LogP contribution is 2.51. The van der Waals surface area contributed by atoms with E-state index in [1.54, 1.807) is 7.11 Å². The number of methoxy groups -OCH3 is 1. The summed E-state index contributed by atoms with van der Waals surface area (Å²) in [6.45, 7) is 0. The summed E-state index contributed by atoms with van der Waals surface area (Å²) in [6.07, 6.45) is 1.12. The van der Waals surface area contributed by atoms with Gasteiger partial charge in [-0.2, -0.15) is 0 Å². The maximum atomic E-state index is 5.31. The van der Waals surface area contributed by atoms with Crippen molar-refractivity contribution < 1.29 is 4.74 Å². The van der Waals surface area contributed by atoms with Gasteiger partial charge in [-0.3, -0.25) is 0 Å². The van der Waals surface area contributed by atoms with E-state index < -0.39 is 0 Å². The fraction of sp³-hybridized carbons (Fsp3) is 0.182. The molecule has 0 amide bonds. The number of ether oxygens (including phenoxy) is 1. The quantitative estimate of drug-likeness (QED) is 0.576. The van der Waals surface area contributed by atoms with Gasteiger partial charge in [0, 0.05) is 16.1 Å².